The summed E-state index contributed by atoms with van der Waals surface area (Å²) < 4.78 is 62.1. The first-order chi connectivity index (χ1) is 20.3. The predicted molar refractivity (Wildman–Crippen MR) is 157 cm³/mol. The normalized spacial score (nSPS) is 9.44. The minimum Gasteiger partial charge on any atom is -0.514 e. The van der Waals surface area contributed by atoms with E-state index in [2.05, 4.69) is 0 Å². The van der Waals surface area contributed by atoms with Crippen LogP contribution in [0, 0.1) is 49.2 Å². The second-order valence-corrected chi connectivity index (χ2v) is 8.72. The van der Waals surface area contributed by atoms with Crippen LogP contribution in [0.15, 0.2) is 133 Å². The molecule has 2 nitrogen and oxygen atoms in total. The van der Waals surface area contributed by atoms with Gasteiger partial charge in [0.1, 0.15) is 11.5 Å². The Morgan fingerprint density at radius 3 is 1.07 bits per heavy atom. The number of ether oxygens (including phenoxy) is 2. The van der Waals surface area contributed by atoms with Crippen molar-refractivity contribution in [2.45, 2.75) is 13.8 Å². The molecule has 0 bridgehead atoms. The number of benzene rings is 4. The van der Waals surface area contributed by atoms with Gasteiger partial charge in [-0.15, -0.1) is 36.4 Å². The third-order valence-corrected chi connectivity index (χ3v) is 5.26. The van der Waals surface area contributed by atoms with Gasteiger partial charge in [0.15, 0.2) is 0 Å². The van der Waals surface area contributed by atoms with Crippen molar-refractivity contribution in [2.75, 3.05) is 0 Å². The SMILES string of the molecule is Cc1ccc(Oc2ccc(F)[c-]c2F)cc1.Cc1ccc(Oc2ccc(F)[c-]c2F)cc1.[Ti+4].c1cc[cH-]c1.c1cc[cH-]c1. The molecule has 43 heavy (non-hydrogen) atoms. The fourth-order valence-electron chi connectivity index (χ4n) is 3.13. The zero-order valence-electron chi connectivity index (χ0n) is 23.5. The fraction of sp³-hybridized carbons (Fsp3) is 0.0556. The van der Waals surface area contributed by atoms with Crippen molar-refractivity contribution < 1.29 is 48.8 Å². The summed E-state index contributed by atoms with van der Waals surface area (Å²) in [6.45, 7) is 3.88. The number of hydrogen-bond donors (Lipinski definition) is 0. The van der Waals surface area contributed by atoms with E-state index >= 15 is 0 Å². The first-order valence-corrected chi connectivity index (χ1v) is 12.9. The molecule has 0 aromatic heterocycles. The van der Waals surface area contributed by atoms with E-state index in [1.54, 1.807) is 24.3 Å². The molecule has 0 aliphatic carbocycles. The summed E-state index contributed by atoms with van der Waals surface area (Å²) in [4.78, 5) is 0. The summed E-state index contributed by atoms with van der Waals surface area (Å²) >= 11 is 0. The monoisotopic (exact) mass is 616 g/mol. The molecule has 0 N–H and O–H groups in total. The molecule has 0 amide bonds. The topological polar surface area (TPSA) is 18.5 Å². The third-order valence-electron chi connectivity index (χ3n) is 5.26. The Morgan fingerprint density at radius 1 is 0.488 bits per heavy atom. The molecule has 0 aliphatic heterocycles. The molecule has 6 aromatic rings. The molecule has 0 saturated heterocycles. The van der Waals surface area contributed by atoms with Gasteiger partial charge < -0.3 is 9.47 Å². The minimum absolute atomic E-state index is 0. The average molecular weight is 616 g/mol. The second-order valence-electron chi connectivity index (χ2n) is 8.72. The zero-order valence-corrected chi connectivity index (χ0v) is 25.1. The summed E-state index contributed by atoms with van der Waals surface area (Å²) in [7, 11) is 0. The molecular weight excluding hydrogens is 588 g/mol. The van der Waals surface area contributed by atoms with E-state index in [-0.39, 0.29) is 33.2 Å². The molecule has 6 aromatic carbocycles. The quantitative estimate of drug-likeness (QED) is 0.112. The van der Waals surface area contributed by atoms with Gasteiger partial charge in [-0.25, -0.2) is 41.8 Å². The first kappa shape index (κ1) is 34.8. The van der Waals surface area contributed by atoms with Gasteiger partial charge in [-0.1, -0.05) is 35.4 Å². The standard InChI is InChI=1S/2C13H9F2O.2C5H5.Ti/c2*1-9-2-5-11(6-3-9)16-13-7-4-10(14)8-12(13)15;2*1-2-4-5-3-1;/h2*2-7H,1H3;2*1-5H;/q4*-1;+4. The van der Waals surface area contributed by atoms with Gasteiger partial charge in [0.05, 0.1) is 11.6 Å². The van der Waals surface area contributed by atoms with Crippen molar-refractivity contribution in [2.24, 2.45) is 0 Å². The van der Waals surface area contributed by atoms with Crippen LogP contribution in [0.25, 0.3) is 0 Å². The van der Waals surface area contributed by atoms with E-state index < -0.39 is 23.3 Å². The molecule has 0 radical (unpaired) electrons. The van der Waals surface area contributed by atoms with Crippen molar-refractivity contribution >= 4 is 0 Å². The van der Waals surface area contributed by atoms with Crippen molar-refractivity contribution in [3.8, 4) is 23.0 Å². The summed E-state index contributed by atoms with van der Waals surface area (Å²) in [5.74, 6) is -2.21. The minimum atomic E-state index is -0.833. The van der Waals surface area contributed by atoms with Crippen LogP contribution >= 0.6 is 0 Å². The van der Waals surface area contributed by atoms with E-state index in [0.29, 0.717) is 11.5 Å². The molecule has 0 aliphatic rings. The molecule has 7 heteroatoms. The van der Waals surface area contributed by atoms with Gasteiger partial charge in [-0.05, 0) is 38.1 Å². The van der Waals surface area contributed by atoms with Crippen molar-refractivity contribution in [1.29, 1.82) is 0 Å². The number of aryl methyl sites for hydroxylation is 2. The Morgan fingerprint density at radius 2 is 0.814 bits per heavy atom. The van der Waals surface area contributed by atoms with Gasteiger partial charge in [0, 0.05) is 23.1 Å². The van der Waals surface area contributed by atoms with Crippen LogP contribution in [0.2, 0.25) is 0 Å². The summed E-state index contributed by atoms with van der Waals surface area (Å²) in [5.41, 5.74) is 2.16. The summed E-state index contributed by atoms with van der Waals surface area (Å²) in [6, 6.07) is 42.8. The van der Waals surface area contributed by atoms with Crippen LogP contribution in [0.4, 0.5) is 17.6 Å². The van der Waals surface area contributed by atoms with E-state index in [4.69, 9.17) is 9.47 Å². The van der Waals surface area contributed by atoms with E-state index in [0.717, 1.165) is 23.3 Å². The van der Waals surface area contributed by atoms with Crippen molar-refractivity contribution in [1.82, 2.24) is 0 Å². The third kappa shape index (κ3) is 13.4. The van der Waals surface area contributed by atoms with Crippen LogP contribution in [0.1, 0.15) is 11.1 Å². The molecule has 0 spiro atoms. The zero-order chi connectivity index (χ0) is 30.2. The summed E-state index contributed by atoms with van der Waals surface area (Å²) in [6.07, 6.45) is 0. The molecule has 0 heterocycles. The fourth-order valence-corrected chi connectivity index (χ4v) is 3.13. The van der Waals surface area contributed by atoms with Crippen LogP contribution in [0.5, 0.6) is 23.0 Å². The average Bonchev–Trinajstić information content (AvgIpc) is 3.75. The maximum absolute atomic E-state index is 13.2. The largest absolute Gasteiger partial charge is 4.00 e. The molecule has 216 valence electrons. The smallest absolute Gasteiger partial charge is 0.514 e. The second kappa shape index (κ2) is 18.9. The Balaban J connectivity index is 0.000000223. The van der Waals surface area contributed by atoms with Crippen LogP contribution < -0.4 is 9.47 Å². The predicted octanol–water partition coefficient (Wildman–Crippen LogP) is 10.5. The maximum atomic E-state index is 13.2. The Kier molecular flexibility index (Phi) is 15.3. The van der Waals surface area contributed by atoms with Gasteiger partial charge in [0.2, 0.25) is 0 Å². The van der Waals surface area contributed by atoms with Gasteiger partial charge in [-0.3, -0.25) is 0 Å². The van der Waals surface area contributed by atoms with Crippen molar-refractivity contribution in [3.63, 3.8) is 0 Å². The number of halogens is 4. The number of hydrogen-bond acceptors (Lipinski definition) is 2. The van der Waals surface area contributed by atoms with E-state index in [1.165, 1.54) is 12.1 Å². The molecule has 0 fully saturated rings. The summed E-state index contributed by atoms with van der Waals surface area (Å²) in [5, 5.41) is 0. The first-order valence-electron chi connectivity index (χ1n) is 12.9. The van der Waals surface area contributed by atoms with E-state index in [9.17, 15) is 17.6 Å². The van der Waals surface area contributed by atoms with Crippen LogP contribution in [-0.2, 0) is 21.7 Å². The Bertz CT molecular complexity index is 1410. The molecule has 0 saturated carbocycles. The molecular formula is C36H28F4O2Ti. The Labute approximate surface area is 264 Å². The van der Waals surface area contributed by atoms with E-state index in [1.807, 2.05) is 111 Å². The van der Waals surface area contributed by atoms with Gasteiger partial charge in [-0.2, -0.15) is 36.4 Å². The molecule has 0 unspecified atom stereocenters. The van der Waals surface area contributed by atoms with Crippen LogP contribution in [-0.4, -0.2) is 0 Å². The Hall–Kier alpha value is -4.39. The molecule has 6 rings (SSSR count). The van der Waals surface area contributed by atoms with Crippen molar-refractivity contribution in [3.05, 3.63) is 180 Å². The van der Waals surface area contributed by atoms with Crippen LogP contribution in [0.3, 0.4) is 0 Å². The maximum Gasteiger partial charge on any atom is 4.00 e. The molecule has 0 atom stereocenters. The van der Waals surface area contributed by atoms with Gasteiger partial charge in [0.25, 0.3) is 0 Å². The van der Waals surface area contributed by atoms with Gasteiger partial charge >= 0.3 is 21.7 Å². The number of rotatable bonds is 4.